The molecule has 0 heterocycles. The van der Waals surface area contributed by atoms with Gasteiger partial charge in [-0.15, -0.1) is 5.11 Å². The van der Waals surface area contributed by atoms with Crippen molar-refractivity contribution < 1.29 is 10.2 Å². The maximum Gasteiger partial charge on any atom is 0.146 e. The first-order valence-corrected chi connectivity index (χ1v) is 5.27. The normalized spacial score (nSPS) is 12.4. The van der Waals surface area contributed by atoms with E-state index in [1.54, 1.807) is 12.2 Å². The van der Waals surface area contributed by atoms with Gasteiger partial charge in [-0.3, -0.25) is 0 Å². The lowest BCUT2D eigenvalue weighted by molar-refractivity contribution is 0.453. The molecule has 0 saturated carbocycles. The molecule has 1 aromatic rings. The Morgan fingerprint density at radius 2 is 2.06 bits per heavy atom. The monoisotopic (exact) mass is 245 g/mol. The van der Waals surface area contributed by atoms with Gasteiger partial charge in [0, 0.05) is 6.07 Å². The van der Waals surface area contributed by atoms with Gasteiger partial charge in [0.1, 0.15) is 17.2 Å². The van der Waals surface area contributed by atoms with Gasteiger partial charge in [-0.1, -0.05) is 18.7 Å². The van der Waals surface area contributed by atoms with Crippen LogP contribution in [0.3, 0.4) is 0 Å². The first-order valence-electron chi connectivity index (χ1n) is 5.27. The Morgan fingerprint density at radius 3 is 2.67 bits per heavy atom. The molecule has 0 fully saturated rings. The molecule has 5 heteroatoms. The number of hydrogen-bond acceptors (Lipinski definition) is 5. The predicted octanol–water partition coefficient (Wildman–Crippen LogP) is 3.41. The Balaban J connectivity index is 3.03. The minimum absolute atomic E-state index is 0.124. The predicted molar refractivity (Wildman–Crippen MR) is 71.8 cm³/mol. The molecule has 4 N–H and O–H groups in total. The second-order valence-electron chi connectivity index (χ2n) is 3.42. The molecule has 0 bridgehead atoms. The molecule has 0 aliphatic rings. The first-order chi connectivity index (χ1) is 8.58. The van der Waals surface area contributed by atoms with Crippen molar-refractivity contribution in [1.29, 1.82) is 0 Å². The molecule has 0 unspecified atom stereocenters. The van der Waals surface area contributed by atoms with E-state index in [2.05, 4.69) is 16.8 Å². The molecule has 0 aromatic heterocycles. The molecule has 0 aliphatic carbocycles. The lowest BCUT2D eigenvalue weighted by atomic mass is 10.2. The molecular weight excluding hydrogens is 230 g/mol. The molecule has 0 amide bonds. The summed E-state index contributed by atoms with van der Waals surface area (Å²) in [6, 6.07) is 2.46. The Bertz CT molecular complexity index is 531. The van der Waals surface area contributed by atoms with Crippen molar-refractivity contribution in [3.8, 4) is 11.5 Å². The number of hydrogen-bond donors (Lipinski definition) is 3. The maximum atomic E-state index is 9.55. The highest BCUT2D eigenvalue weighted by Crippen LogP contribution is 2.35. The van der Waals surface area contributed by atoms with E-state index in [1.807, 2.05) is 13.0 Å². The third kappa shape index (κ3) is 3.48. The van der Waals surface area contributed by atoms with E-state index in [0.29, 0.717) is 5.70 Å². The fourth-order valence-corrected chi connectivity index (χ4v) is 1.11. The van der Waals surface area contributed by atoms with Crippen LogP contribution in [0, 0.1) is 0 Å². The smallest absolute Gasteiger partial charge is 0.146 e. The lowest BCUT2D eigenvalue weighted by Gasteiger charge is -2.02. The van der Waals surface area contributed by atoms with Crippen LogP contribution in [0.5, 0.6) is 11.5 Å². The number of azo groups is 1. The largest absolute Gasteiger partial charge is 0.506 e. The van der Waals surface area contributed by atoms with Gasteiger partial charge in [0.2, 0.25) is 0 Å². The topological polar surface area (TPSA) is 91.2 Å². The SMILES string of the molecule is C=C/C(=C\C=C/C)N=Nc1cc(N)c(O)cc1O. The van der Waals surface area contributed by atoms with E-state index in [1.165, 1.54) is 12.1 Å². The zero-order valence-corrected chi connectivity index (χ0v) is 10.0. The van der Waals surface area contributed by atoms with E-state index >= 15 is 0 Å². The van der Waals surface area contributed by atoms with Crippen LogP contribution in [-0.4, -0.2) is 10.2 Å². The summed E-state index contributed by atoms with van der Waals surface area (Å²) in [4.78, 5) is 0. The summed E-state index contributed by atoms with van der Waals surface area (Å²) in [6.45, 7) is 5.47. The Hall–Kier alpha value is -2.56. The standard InChI is InChI=1S/C13H15N3O2/c1-3-5-6-9(4-2)15-16-11-7-10(14)12(17)8-13(11)18/h3-8,17-18H,2,14H2,1H3/b5-3-,9-6+,16-15?. The number of nitrogens with two attached hydrogens (primary N) is 1. The molecule has 1 aromatic carbocycles. The van der Waals surface area contributed by atoms with E-state index in [0.717, 1.165) is 6.07 Å². The number of phenolic OH excluding ortho intramolecular Hbond substituents is 2. The summed E-state index contributed by atoms with van der Waals surface area (Å²) < 4.78 is 0. The van der Waals surface area contributed by atoms with E-state index < -0.39 is 0 Å². The van der Waals surface area contributed by atoms with Crippen molar-refractivity contribution >= 4 is 11.4 Å². The van der Waals surface area contributed by atoms with Crippen LogP contribution < -0.4 is 5.73 Å². The van der Waals surface area contributed by atoms with Gasteiger partial charge in [-0.25, -0.2) is 0 Å². The minimum atomic E-state index is -0.195. The van der Waals surface area contributed by atoms with Crippen molar-refractivity contribution in [2.45, 2.75) is 6.92 Å². The summed E-state index contributed by atoms with van der Waals surface area (Å²) in [6.07, 6.45) is 6.89. The minimum Gasteiger partial charge on any atom is -0.506 e. The van der Waals surface area contributed by atoms with E-state index in [9.17, 15) is 10.2 Å². The van der Waals surface area contributed by atoms with Crippen LogP contribution in [0.4, 0.5) is 11.4 Å². The number of allylic oxidation sites excluding steroid dienone is 4. The number of phenols is 2. The molecule has 0 radical (unpaired) electrons. The Labute approximate surface area is 105 Å². The van der Waals surface area contributed by atoms with Crippen molar-refractivity contribution in [3.63, 3.8) is 0 Å². The van der Waals surface area contributed by atoms with Crippen LogP contribution in [0.1, 0.15) is 6.92 Å². The van der Waals surface area contributed by atoms with E-state index in [4.69, 9.17) is 5.73 Å². The quantitative estimate of drug-likeness (QED) is 0.249. The zero-order chi connectivity index (χ0) is 13.5. The summed E-state index contributed by atoms with van der Waals surface area (Å²) in [5, 5.41) is 26.6. The summed E-state index contributed by atoms with van der Waals surface area (Å²) in [5.41, 5.74) is 6.34. The molecular formula is C13H15N3O2. The summed E-state index contributed by atoms with van der Waals surface area (Å²) >= 11 is 0. The molecule has 0 spiro atoms. The van der Waals surface area contributed by atoms with Crippen LogP contribution in [0.15, 0.2) is 58.9 Å². The fourth-order valence-electron chi connectivity index (χ4n) is 1.11. The highest BCUT2D eigenvalue weighted by Gasteiger charge is 2.05. The zero-order valence-electron chi connectivity index (χ0n) is 10.0. The number of benzene rings is 1. The highest BCUT2D eigenvalue weighted by molar-refractivity contribution is 5.66. The number of nitrogen functional groups attached to an aromatic ring is 1. The van der Waals surface area contributed by atoms with Crippen LogP contribution in [0.2, 0.25) is 0 Å². The van der Waals surface area contributed by atoms with Crippen molar-refractivity contribution in [1.82, 2.24) is 0 Å². The summed E-state index contributed by atoms with van der Waals surface area (Å²) in [7, 11) is 0. The van der Waals surface area contributed by atoms with Gasteiger partial charge >= 0.3 is 0 Å². The van der Waals surface area contributed by atoms with Crippen LogP contribution >= 0.6 is 0 Å². The average molecular weight is 245 g/mol. The molecule has 1 rings (SSSR count). The lowest BCUT2D eigenvalue weighted by Crippen LogP contribution is -1.84. The number of aromatic hydroxyl groups is 2. The molecule has 0 atom stereocenters. The molecule has 5 nitrogen and oxygen atoms in total. The van der Waals surface area contributed by atoms with Gasteiger partial charge in [-0.2, -0.15) is 5.11 Å². The Morgan fingerprint density at radius 1 is 1.33 bits per heavy atom. The third-order valence-electron chi connectivity index (χ3n) is 2.07. The van der Waals surface area contributed by atoms with Gasteiger partial charge in [0.05, 0.1) is 11.4 Å². The second kappa shape index (κ2) is 6.24. The van der Waals surface area contributed by atoms with Gasteiger partial charge in [0.25, 0.3) is 0 Å². The van der Waals surface area contributed by atoms with Crippen molar-refractivity contribution in [2.75, 3.05) is 5.73 Å². The molecule has 0 saturated heterocycles. The second-order valence-corrected chi connectivity index (χ2v) is 3.42. The molecule has 18 heavy (non-hydrogen) atoms. The number of anilines is 1. The number of nitrogens with zero attached hydrogens (tertiary/aromatic N) is 2. The molecule has 94 valence electrons. The third-order valence-corrected chi connectivity index (χ3v) is 2.07. The maximum absolute atomic E-state index is 9.55. The van der Waals surface area contributed by atoms with Crippen molar-refractivity contribution in [3.05, 3.63) is 48.7 Å². The Kier molecular flexibility index (Phi) is 4.68. The van der Waals surface area contributed by atoms with Crippen LogP contribution in [0.25, 0.3) is 0 Å². The van der Waals surface area contributed by atoms with Gasteiger partial charge < -0.3 is 15.9 Å². The fraction of sp³-hybridized carbons (Fsp3) is 0.0769. The van der Waals surface area contributed by atoms with Crippen molar-refractivity contribution in [2.24, 2.45) is 10.2 Å². The first kappa shape index (κ1) is 13.5. The molecule has 0 aliphatic heterocycles. The van der Waals surface area contributed by atoms with E-state index in [-0.39, 0.29) is 22.9 Å². The number of rotatable bonds is 4. The highest BCUT2D eigenvalue weighted by atomic mass is 16.3. The van der Waals surface area contributed by atoms with Gasteiger partial charge in [-0.05, 0) is 25.1 Å². The average Bonchev–Trinajstić information content (AvgIpc) is 2.35. The summed E-state index contributed by atoms with van der Waals surface area (Å²) in [5.74, 6) is -0.389. The van der Waals surface area contributed by atoms with Crippen LogP contribution in [-0.2, 0) is 0 Å². The van der Waals surface area contributed by atoms with Gasteiger partial charge in [0.15, 0.2) is 0 Å².